The van der Waals surface area contributed by atoms with E-state index in [4.69, 9.17) is 10.6 Å². The Bertz CT molecular complexity index is 230. The molecule has 0 amide bonds. The summed E-state index contributed by atoms with van der Waals surface area (Å²) in [5.41, 5.74) is 2.62. The van der Waals surface area contributed by atoms with Crippen LogP contribution in [-0.2, 0) is 4.74 Å². The van der Waals surface area contributed by atoms with Crippen molar-refractivity contribution in [2.75, 3.05) is 13.2 Å². The van der Waals surface area contributed by atoms with Crippen LogP contribution in [0, 0.1) is 5.92 Å². The van der Waals surface area contributed by atoms with Gasteiger partial charge in [-0.05, 0) is 25.7 Å². The topological polar surface area (TPSA) is 71.7 Å². The molecule has 1 fully saturated rings. The van der Waals surface area contributed by atoms with Gasteiger partial charge < -0.3 is 10.1 Å². The summed E-state index contributed by atoms with van der Waals surface area (Å²) in [7, 11) is 0. The van der Waals surface area contributed by atoms with Gasteiger partial charge in [-0.1, -0.05) is 13.8 Å². The number of nitrogens with two attached hydrogens (primary N) is 1. The van der Waals surface area contributed by atoms with Crippen LogP contribution in [0.2, 0.25) is 0 Å². The van der Waals surface area contributed by atoms with Crippen LogP contribution in [-0.4, -0.2) is 31.3 Å². The molecule has 0 radical (unpaired) electrons. The standard InChI is InChI=1S/C11H24N4O/c1-8(2)7-13-11(15-12)14-10-4-5-16-9(3)6-10/h8-10H,4-7,12H2,1-3H3,(H2,13,14,15). The second kappa shape index (κ2) is 6.70. The fourth-order valence-corrected chi connectivity index (χ4v) is 1.73. The van der Waals surface area contributed by atoms with Gasteiger partial charge in [0.1, 0.15) is 0 Å². The Kier molecular flexibility index (Phi) is 5.55. The number of nitrogens with zero attached hydrogens (tertiary/aromatic N) is 1. The number of aliphatic imine (C=N–C) groups is 1. The molecule has 1 heterocycles. The Morgan fingerprint density at radius 2 is 2.31 bits per heavy atom. The highest BCUT2D eigenvalue weighted by Crippen LogP contribution is 2.12. The SMILES string of the molecule is CC(C)CN=C(NN)NC1CCOC(C)C1. The molecule has 0 aliphatic carbocycles. The van der Waals surface area contributed by atoms with Crippen LogP contribution in [0.5, 0.6) is 0 Å². The average Bonchev–Trinajstić information content (AvgIpc) is 2.24. The van der Waals surface area contributed by atoms with E-state index in [1.165, 1.54) is 0 Å². The molecule has 5 heteroatoms. The van der Waals surface area contributed by atoms with Gasteiger partial charge in [-0.25, -0.2) is 5.84 Å². The summed E-state index contributed by atoms with van der Waals surface area (Å²) in [6.45, 7) is 7.95. The molecule has 1 rings (SSSR count). The first kappa shape index (κ1) is 13.3. The molecule has 2 atom stereocenters. The van der Waals surface area contributed by atoms with Crippen LogP contribution in [0.1, 0.15) is 33.6 Å². The Morgan fingerprint density at radius 1 is 1.56 bits per heavy atom. The Hall–Kier alpha value is -0.810. The zero-order valence-corrected chi connectivity index (χ0v) is 10.5. The van der Waals surface area contributed by atoms with Gasteiger partial charge in [0.05, 0.1) is 6.10 Å². The second-order valence-electron chi connectivity index (χ2n) is 4.77. The second-order valence-corrected chi connectivity index (χ2v) is 4.77. The molecule has 0 aromatic heterocycles. The van der Waals surface area contributed by atoms with Crippen molar-refractivity contribution < 1.29 is 4.74 Å². The molecule has 4 N–H and O–H groups in total. The molecule has 5 nitrogen and oxygen atoms in total. The van der Waals surface area contributed by atoms with Crippen molar-refractivity contribution in [3.63, 3.8) is 0 Å². The van der Waals surface area contributed by atoms with Crippen LogP contribution in [0.3, 0.4) is 0 Å². The number of nitrogens with one attached hydrogen (secondary N) is 2. The summed E-state index contributed by atoms with van der Waals surface area (Å²) >= 11 is 0. The summed E-state index contributed by atoms with van der Waals surface area (Å²) < 4.78 is 5.49. The monoisotopic (exact) mass is 228 g/mol. The van der Waals surface area contributed by atoms with Crippen molar-refractivity contribution in [1.82, 2.24) is 10.7 Å². The van der Waals surface area contributed by atoms with Gasteiger partial charge in [-0.2, -0.15) is 0 Å². The summed E-state index contributed by atoms with van der Waals surface area (Å²) in [6, 6.07) is 0.408. The van der Waals surface area contributed by atoms with Crippen LogP contribution in [0.4, 0.5) is 0 Å². The molecule has 16 heavy (non-hydrogen) atoms. The molecule has 0 aromatic carbocycles. The minimum Gasteiger partial charge on any atom is -0.378 e. The Balaban J connectivity index is 2.39. The van der Waals surface area contributed by atoms with Gasteiger partial charge in [-0.15, -0.1) is 0 Å². The maximum atomic E-state index is 5.49. The first-order chi connectivity index (χ1) is 7.61. The van der Waals surface area contributed by atoms with Gasteiger partial charge in [0.2, 0.25) is 5.96 Å². The number of hydrogen-bond donors (Lipinski definition) is 3. The summed E-state index contributed by atoms with van der Waals surface area (Å²) in [5.74, 6) is 6.66. The minimum absolute atomic E-state index is 0.315. The number of rotatable bonds is 3. The van der Waals surface area contributed by atoms with Crippen molar-refractivity contribution >= 4 is 5.96 Å². The van der Waals surface area contributed by atoms with Gasteiger partial charge in [0.25, 0.3) is 0 Å². The molecule has 2 unspecified atom stereocenters. The molecule has 0 spiro atoms. The largest absolute Gasteiger partial charge is 0.378 e. The predicted molar refractivity (Wildman–Crippen MR) is 66.0 cm³/mol. The van der Waals surface area contributed by atoms with Crippen molar-refractivity contribution in [1.29, 1.82) is 0 Å². The Labute approximate surface area is 97.8 Å². The molecule has 0 saturated carbocycles. The highest BCUT2D eigenvalue weighted by atomic mass is 16.5. The highest BCUT2D eigenvalue weighted by molar-refractivity contribution is 5.79. The quantitative estimate of drug-likeness (QED) is 0.286. The van der Waals surface area contributed by atoms with Gasteiger partial charge in [0, 0.05) is 19.2 Å². The molecule has 1 aliphatic rings. The zero-order chi connectivity index (χ0) is 12.0. The van der Waals surface area contributed by atoms with Gasteiger partial charge >= 0.3 is 0 Å². The molecular formula is C11H24N4O. The van der Waals surface area contributed by atoms with E-state index in [1.54, 1.807) is 0 Å². The third-order valence-corrected chi connectivity index (χ3v) is 2.58. The van der Waals surface area contributed by atoms with Crippen LogP contribution in [0.15, 0.2) is 4.99 Å². The normalized spacial score (nSPS) is 26.9. The van der Waals surface area contributed by atoms with Crippen LogP contribution < -0.4 is 16.6 Å². The fourth-order valence-electron chi connectivity index (χ4n) is 1.73. The first-order valence-electron chi connectivity index (χ1n) is 6.01. The molecule has 94 valence electrons. The molecular weight excluding hydrogens is 204 g/mol. The summed E-state index contributed by atoms with van der Waals surface area (Å²) in [5, 5.41) is 3.33. The fraction of sp³-hybridized carbons (Fsp3) is 0.909. The van der Waals surface area contributed by atoms with Crippen molar-refractivity contribution in [3.05, 3.63) is 0 Å². The number of hydrazine groups is 1. The number of ether oxygens (including phenoxy) is 1. The summed E-state index contributed by atoms with van der Waals surface area (Å²) in [4.78, 5) is 4.39. The van der Waals surface area contributed by atoms with Gasteiger partial charge in [0.15, 0.2) is 0 Å². The first-order valence-corrected chi connectivity index (χ1v) is 6.01. The van der Waals surface area contributed by atoms with Crippen molar-refractivity contribution in [2.45, 2.75) is 45.8 Å². The van der Waals surface area contributed by atoms with Crippen LogP contribution in [0.25, 0.3) is 0 Å². The number of hydrogen-bond acceptors (Lipinski definition) is 3. The van der Waals surface area contributed by atoms with E-state index >= 15 is 0 Å². The lowest BCUT2D eigenvalue weighted by molar-refractivity contribution is 0.0165. The average molecular weight is 228 g/mol. The maximum Gasteiger partial charge on any atom is 0.205 e. The maximum absolute atomic E-state index is 5.49. The smallest absolute Gasteiger partial charge is 0.205 e. The lowest BCUT2D eigenvalue weighted by atomic mass is 10.0. The van der Waals surface area contributed by atoms with Crippen molar-refractivity contribution in [2.24, 2.45) is 16.8 Å². The molecule has 0 bridgehead atoms. The number of guanidine groups is 1. The lowest BCUT2D eigenvalue weighted by Crippen LogP contribution is -2.49. The van der Waals surface area contributed by atoms with Gasteiger partial charge in [-0.3, -0.25) is 10.4 Å². The van der Waals surface area contributed by atoms with E-state index in [-0.39, 0.29) is 0 Å². The highest BCUT2D eigenvalue weighted by Gasteiger charge is 2.19. The third kappa shape index (κ3) is 4.81. The van der Waals surface area contributed by atoms with Crippen LogP contribution >= 0.6 is 0 Å². The van der Waals surface area contributed by atoms with Crippen molar-refractivity contribution in [3.8, 4) is 0 Å². The zero-order valence-electron chi connectivity index (χ0n) is 10.5. The molecule has 0 aromatic rings. The van der Waals surface area contributed by atoms with E-state index in [2.05, 4.69) is 36.5 Å². The third-order valence-electron chi connectivity index (χ3n) is 2.58. The molecule has 1 saturated heterocycles. The van der Waals surface area contributed by atoms with E-state index < -0.39 is 0 Å². The summed E-state index contributed by atoms with van der Waals surface area (Å²) in [6.07, 6.45) is 2.32. The van der Waals surface area contributed by atoms with E-state index in [0.717, 1.165) is 26.0 Å². The Morgan fingerprint density at radius 3 is 2.88 bits per heavy atom. The minimum atomic E-state index is 0.315. The lowest BCUT2D eigenvalue weighted by Gasteiger charge is -2.28. The van der Waals surface area contributed by atoms with E-state index in [9.17, 15) is 0 Å². The van der Waals surface area contributed by atoms with E-state index in [0.29, 0.717) is 24.0 Å². The van der Waals surface area contributed by atoms with E-state index in [1.807, 2.05) is 0 Å². The predicted octanol–water partition coefficient (Wildman–Crippen LogP) is 0.619. The molecule has 1 aliphatic heterocycles.